The first-order valence-electron chi connectivity index (χ1n) is 18.5. The average molecular weight is 633 g/mol. The summed E-state index contributed by atoms with van der Waals surface area (Å²) in [5, 5.41) is 13.3. The summed E-state index contributed by atoms with van der Waals surface area (Å²) in [6.45, 7) is 21.6. The Kier molecular flexibility index (Phi) is 16.5. The molecule has 1 aliphatic heterocycles. The number of Topliss-reactive ketones (excluding diaryl/α,β-unsaturated/α-hetero) is 1. The molecule has 0 radical (unpaired) electrons. The van der Waals surface area contributed by atoms with Crippen molar-refractivity contribution in [3.63, 3.8) is 0 Å². The number of hydrogen-bond donors (Lipinski definition) is 2. The van der Waals surface area contributed by atoms with Gasteiger partial charge in [0.25, 0.3) is 0 Å². The summed E-state index contributed by atoms with van der Waals surface area (Å²) in [7, 11) is 0. The predicted octanol–water partition coefficient (Wildman–Crippen LogP) is 8.85. The molecule has 46 heavy (non-hydrogen) atoms. The Bertz CT molecular complexity index is 1170. The second-order valence-electron chi connectivity index (χ2n) is 14.3. The number of quaternary nitrogens is 1. The van der Waals surface area contributed by atoms with Crippen LogP contribution in [0.25, 0.3) is 0 Å². The van der Waals surface area contributed by atoms with E-state index in [1.54, 1.807) is 0 Å². The highest BCUT2D eigenvalue weighted by atomic mass is 16.3. The van der Waals surface area contributed by atoms with Crippen LogP contribution in [0.1, 0.15) is 112 Å². The first-order valence-corrected chi connectivity index (χ1v) is 18.5. The Balaban J connectivity index is 1.56. The quantitative estimate of drug-likeness (QED) is 0.101. The van der Waals surface area contributed by atoms with Gasteiger partial charge in [-0.15, -0.1) is 0 Å². The smallest absolute Gasteiger partial charge is 0.191 e. The van der Waals surface area contributed by atoms with Crippen molar-refractivity contribution in [3.05, 3.63) is 76.5 Å². The molecule has 0 spiro atoms. The van der Waals surface area contributed by atoms with Crippen molar-refractivity contribution in [2.75, 3.05) is 51.2 Å². The molecule has 2 N–H and O–H groups in total. The van der Waals surface area contributed by atoms with Crippen molar-refractivity contribution in [2.45, 2.75) is 124 Å². The second kappa shape index (κ2) is 20.0. The van der Waals surface area contributed by atoms with Gasteiger partial charge in [-0.25, -0.2) is 0 Å². The van der Waals surface area contributed by atoms with Crippen LogP contribution in [-0.2, 0) is 11.2 Å². The van der Waals surface area contributed by atoms with E-state index < -0.39 is 0 Å². The van der Waals surface area contributed by atoms with Gasteiger partial charge in [0.2, 0.25) is 0 Å². The Morgan fingerprint density at radius 3 is 2.07 bits per heavy atom. The molecule has 1 fully saturated rings. The molecule has 2 aromatic rings. The van der Waals surface area contributed by atoms with E-state index in [9.17, 15) is 9.90 Å². The van der Waals surface area contributed by atoms with Crippen LogP contribution in [-0.4, -0.2) is 72.2 Å². The second-order valence-corrected chi connectivity index (χ2v) is 14.3. The van der Waals surface area contributed by atoms with E-state index in [2.05, 4.69) is 87.8 Å². The Labute approximate surface area is 282 Å². The van der Waals surface area contributed by atoms with Gasteiger partial charge in [0, 0.05) is 30.5 Å². The van der Waals surface area contributed by atoms with Crippen molar-refractivity contribution < 1.29 is 14.4 Å². The molecule has 1 saturated heterocycles. The van der Waals surface area contributed by atoms with Gasteiger partial charge in [-0.05, 0) is 126 Å². The fourth-order valence-corrected chi connectivity index (χ4v) is 7.61. The summed E-state index contributed by atoms with van der Waals surface area (Å²) in [6.07, 6.45) is 14.4. The third kappa shape index (κ3) is 12.0. The number of nitrogens with one attached hydrogen (secondary N) is 1. The molecule has 5 nitrogen and oxygen atoms in total. The minimum atomic E-state index is 0.231. The van der Waals surface area contributed by atoms with Gasteiger partial charge in [-0.2, -0.15) is 0 Å². The van der Waals surface area contributed by atoms with Crippen molar-refractivity contribution in [1.82, 2.24) is 4.90 Å². The zero-order valence-corrected chi connectivity index (χ0v) is 30.1. The van der Waals surface area contributed by atoms with E-state index in [0.29, 0.717) is 24.8 Å². The van der Waals surface area contributed by atoms with Gasteiger partial charge in [0.15, 0.2) is 5.78 Å². The number of carbonyl (C=O) groups excluding carboxylic acids is 1. The number of para-hydroxylation sites is 1. The number of likely N-dealkylation sites (tertiary alicyclic amines) is 1. The fourth-order valence-electron chi connectivity index (χ4n) is 7.61. The molecule has 0 amide bonds. The Morgan fingerprint density at radius 1 is 0.848 bits per heavy atom. The Morgan fingerprint density at radius 2 is 1.43 bits per heavy atom. The van der Waals surface area contributed by atoms with Crippen LogP contribution in [0.15, 0.2) is 48.7 Å². The average Bonchev–Trinajstić information content (AvgIpc) is 3.03. The van der Waals surface area contributed by atoms with Crippen LogP contribution in [0.5, 0.6) is 0 Å². The summed E-state index contributed by atoms with van der Waals surface area (Å²) < 4.78 is 0.891. The summed E-state index contributed by atoms with van der Waals surface area (Å²) in [6, 6.07) is 13.2. The van der Waals surface area contributed by atoms with Gasteiger partial charge in [-0.3, -0.25) is 9.69 Å². The van der Waals surface area contributed by atoms with Crippen molar-refractivity contribution in [1.29, 1.82) is 0 Å². The molecule has 0 aliphatic carbocycles. The minimum absolute atomic E-state index is 0.231. The molecule has 2 unspecified atom stereocenters. The monoisotopic (exact) mass is 633 g/mol. The molecule has 0 saturated carbocycles. The van der Waals surface area contributed by atoms with E-state index in [0.717, 1.165) is 62.2 Å². The summed E-state index contributed by atoms with van der Waals surface area (Å²) in [5.41, 5.74) is 8.55. The number of aliphatic hydroxyl groups excluding tert-OH is 1. The number of aliphatic hydroxyl groups is 1. The normalized spacial score (nSPS) is 16.7. The third-order valence-electron chi connectivity index (χ3n) is 10.4. The molecule has 1 aliphatic rings. The highest BCUT2D eigenvalue weighted by Crippen LogP contribution is 2.27. The molecule has 0 bridgehead atoms. The predicted molar refractivity (Wildman–Crippen MR) is 197 cm³/mol. The molecule has 1 heterocycles. The summed E-state index contributed by atoms with van der Waals surface area (Å²) in [4.78, 5) is 16.3. The van der Waals surface area contributed by atoms with Gasteiger partial charge in [-0.1, -0.05) is 69.2 Å². The van der Waals surface area contributed by atoms with Crippen LogP contribution in [0.3, 0.4) is 0 Å². The van der Waals surface area contributed by atoms with E-state index >= 15 is 0 Å². The molecule has 5 heteroatoms. The number of benzene rings is 2. The maximum absolute atomic E-state index is 13.7. The SMILES string of the molecule is C=C(Nc1c(C)cccc1C)C1CCCCN1CCCCCC[N+](CCCCC)(CCCCO)CC(=O)Cc1c(C)cccc1C. The van der Waals surface area contributed by atoms with Crippen LogP contribution in [0.2, 0.25) is 0 Å². The van der Waals surface area contributed by atoms with Crippen LogP contribution in [0.4, 0.5) is 5.69 Å². The van der Waals surface area contributed by atoms with E-state index in [4.69, 9.17) is 0 Å². The lowest BCUT2D eigenvalue weighted by atomic mass is 9.97. The largest absolute Gasteiger partial charge is 0.396 e. The topological polar surface area (TPSA) is 52.6 Å². The zero-order valence-electron chi connectivity index (χ0n) is 30.1. The van der Waals surface area contributed by atoms with Gasteiger partial charge in [0.05, 0.1) is 19.6 Å². The van der Waals surface area contributed by atoms with Crippen molar-refractivity contribution in [3.8, 4) is 0 Å². The molecular formula is C41H66N3O2+. The summed E-state index contributed by atoms with van der Waals surface area (Å²) >= 11 is 0. The number of anilines is 1. The van der Waals surface area contributed by atoms with Crippen LogP contribution >= 0.6 is 0 Å². The van der Waals surface area contributed by atoms with E-state index in [-0.39, 0.29) is 6.61 Å². The number of carbonyl (C=O) groups is 1. The molecule has 0 aromatic heterocycles. The first kappa shape index (κ1) is 38.0. The fraction of sp³-hybridized carbons (Fsp3) is 0.634. The molecule has 3 rings (SSSR count). The minimum Gasteiger partial charge on any atom is -0.396 e. The maximum atomic E-state index is 13.7. The lowest BCUT2D eigenvalue weighted by Crippen LogP contribution is -2.53. The molecule has 2 atom stereocenters. The number of piperidine rings is 1. The maximum Gasteiger partial charge on any atom is 0.191 e. The first-order chi connectivity index (χ1) is 22.2. The standard InChI is InChI=1S/C41H66N3O2/c1-7-8-14-27-44(29-16-17-30-45,32-38(46)31-39-33(2)20-18-21-34(39)3)28-15-10-9-12-25-43-26-13-11-24-40(43)37(6)42-41-35(4)22-19-23-36(41)5/h18-23,40,42,45H,6-17,24-32H2,1-5H3/q+1. The Hall–Kier alpha value is -2.47. The number of unbranched alkanes of at least 4 members (excludes halogenated alkanes) is 6. The van der Waals surface area contributed by atoms with Crippen LogP contribution in [0, 0.1) is 27.7 Å². The third-order valence-corrected chi connectivity index (χ3v) is 10.4. The lowest BCUT2D eigenvalue weighted by Gasteiger charge is -2.39. The highest BCUT2D eigenvalue weighted by molar-refractivity contribution is 5.82. The molecular weight excluding hydrogens is 566 g/mol. The zero-order chi connectivity index (χ0) is 33.4. The number of rotatable bonds is 22. The number of hydrogen-bond acceptors (Lipinski definition) is 4. The highest BCUT2D eigenvalue weighted by Gasteiger charge is 2.30. The number of aryl methyl sites for hydroxylation is 4. The van der Waals surface area contributed by atoms with Gasteiger partial charge >= 0.3 is 0 Å². The van der Waals surface area contributed by atoms with Crippen molar-refractivity contribution >= 4 is 11.5 Å². The van der Waals surface area contributed by atoms with Gasteiger partial charge < -0.3 is 14.9 Å². The molecule has 256 valence electrons. The van der Waals surface area contributed by atoms with Crippen LogP contribution < -0.4 is 5.32 Å². The number of nitrogens with zero attached hydrogens (tertiary/aromatic N) is 2. The van der Waals surface area contributed by atoms with E-state index in [1.165, 1.54) is 91.3 Å². The summed E-state index contributed by atoms with van der Waals surface area (Å²) in [5.74, 6) is 0.365. The molecule has 2 aromatic carbocycles. The number of ketones is 1. The lowest BCUT2D eigenvalue weighted by molar-refractivity contribution is -0.921. The van der Waals surface area contributed by atoms with E-state index in [1.807, 2.05) is 0 Å². The van der Waals surface area contributed by atoms with Crippen molar-refractivity contribution in [2.24, 2.45) is 0 Å². The van der Waals surface area contributed by atoms with Gasteiger partial charge in [0.1, 0.15) is 6.54 Å².